The second-order valence-electron chi connectivity index (χ2n) is 4.41. The van der Waals surface area contributed by atoms with Gasteiger partial charge in [-0.3, -0.25) is 9.20 Å². The molecule has 0 aliphatic rings. The van der Waals surface area contributed by atoms with Gasteiger partial charge in [-0.15, -0.1) is 10.2 Å². The molecule has 0 bridgehead atoms. The SMILES string of the molecule is CC(Cl)=CCSc1nnc2n(N)c(=O)c3ccccc3n12. The van der Waals surface area contributed by atoms with E-state index in [1.54, 1.807) is 16.5 Å². The molecule has 2 aromatic heterocycles. The molecular weight excluding hydrogens is 310 g/mol. The molecule has 2 heterocycles. The van der Waals surface area contributed by atoms with Crippen LogP contribution in [-0.2, 0) is 0 Å². The lowest BCUT2D eigenvalue weighted by Gasteiger charge is -2.06. The molecule has 8 heteroatoms. The molecule has 0 amide bonds. The maximum absolute atomic E-state index is 12.2. The molecule has 2 N–H and O–H groups in total. The van der Waals surface area contributed by atoms with Crippen LogP contribution in [0.25, 0.3) is 16.7 Å². The highest BCUT2D eigenvalue weighted by Crippen LogP contribution is 2.21. The summed E-state index contributed by atoms with van der Waals surface area (Å²) in [7, 11) is 0. The Morgan fingerprint density at radius 1 is 1.43 bits per heavy atom. The molecule has 0 atom stereocenters. The number of thioether (sulfide) groups is 1. The third kappa shape index (κ3) is 2.38. The van der Waals surface area contributed by atoms with Gasteiger partial charge in [-0.1, -0.05) is 41.6 Å². The van der Waals surface area contributed by atoms with Gasteiger partial charge in [0.2, 0.25) is 0 Å². The average molecular weight is 322 g/mol. The number of hydrogen-bond acceptors (Lipinski definition) is 5. The number of benzene rings is 1. The minimum absolute atomic E-state index is 0.293. The van der Waals surface area contributed by atoms with E-state index in [0.29, 0.717) is 22.1 Å². The number of rotatable bonds is 3. The van der Waals surface area contributed by atoms with Gasteiger partial charge in [0.25, 0.3) is 11.3 Å². The first-order chi connectivity index (χ1) is 10.1. The molecule has 0 aliphatic carbocycles. The summed E-state index contributed by atoms with van der Waals surface area (Å²) >= 11 is 7.29. The van der Waals surface area contributed by atoms with Crippen molar-refractivity contribution in [3.05, 3.63) is 45.7 Å². The summed E-state index contributed by atoms with van der Waals surface area (Å²) < 4.78 is 2.79. The lowest BCUT2D eigenvalue weighted by Crippen LogP contribution is -2.29. The van der Waals surface area contributed by atoms with E-state index in [4.69, 9.17) is 17.4 Å². The summed E-state index contributed by atoms with van der Waals surface area (Å²) in [6.07, 6.45) is 1.88. The summed E-state index contributed by atoms with van der Waals surface area (Å²) in [6, 6.07) is 7.24. The van der Waals surface area contributed by atoms with Gasteiger partial charge in [-0.25, -0.2) is 0 Å². The van der Waals surface area contributed by atoms with Crippen LogP contribution in [-0.4, -0.2) is 25.0 Å². The normalized spacial score (nSPS) is 12.4. The van der Waals surface area contributed by atoms with E-state index in [9.17, 15) is 4.79 Å². The van der Waals surface area contributed by atoms with Crippen LogP contribution in [0.3, 0.4) is 0 Å². The highest BCUT2D eigenvalue weighted by molar-refractivity contribution is 7.99. The fourth-order valence-corrected chi connectivity index (χ4v) is 3.08. The van der Waals surface area contributed by atoms with E-state index in [0.717, 1.165) is 15.2 Å². The molecule has 0 unspecified atom stereocenters. The zero-order valence-electron chi connectivity index (χ0n) is 11.2. The first-order valence-electron chi connectivity index (χ1n) is 6.18. The highest BCUT2D eigenvalue weighted by Gasteiger charge is 2.14. The van der Waals surface area contributed by atoms with Crippen molar-refractivity contribution < 1.29 is 0 Å². The van der Waals surface area contributed by atoms with Crippen molar-refractivity contribution in [3.8, 4) is 0 Å². The maximum atomic E-state index is 12.2. The van der Waals surface area contributed by atoms with E-state index in [1.165, 1.54) is 11.8 Å². The molecule has 0 radical (unpaired) electrons. The zero-order valence-corrected chi connectivity index (χ0v) is 12.7. The third-order valence-electron chi connectivity index (χ3n) is 3.00. The number of nitrogen functional groups attached to an aromatic ring is 1. The second-order valence-corrected chi connectivity index (χ2v) is 6.00. The van der Waals surface area contributed by atoms with Gasteiger partial charge >= 0.3 is 0 Å². The quantitative estimate of drug-likeness (QED) is 0.589. The van der Waals surface area contributed by atoms with Crippen LogP contribution in [0.4, 0.5) is 0 Å². The number of fused-ring (bicyclic) bond motifs is 3. The molecule has 108 valence electrons. The minimum Gasteiger partial charge on any atom is -0.333 e. The third-order valence-corrected chi connectivity index (χ3v) is 4.01. The number of hydrogen-bond donors (Lipinski definition) is 1. The van der Waals surface area contributed by atoms with Gasteiger partial charge in [0.1, 0.15) is 0 Å². The molecule has 0 fully saturated rings. The Morgan fingerprint density at radius 3 is 2.95 bits per heavy atom. The standard InChI is InChI=1S/C13H12ClN5OS/c1-8(14)6-7-21-13-17-16-12-18(13)10-5-3-2-4-9(10)11(20)19(12)15/h2-6H,7,15H2,1H3. The van der Waals surface area contributed by atoms with Gasteiger partial charge in [0.05, 0.1) is 10.9 Å². The van der Waals surface area contributed by atoms with Crippen LogP contribution < -0.4 is 11.4 Å². The second kappa shape index (κ2) is 5.42. The van der Waals surface area contributed by atoms with Gasteiger partial charge in [-0.05, 0) is 19.1 Å². The van der Waals surface area contributed by atoms with E-state index in [-0.39, 0.29) is 5.56 Å². The Bertz CT molecular complexity index is 910. The van der Waals surface area contributed by atoms with Gasteiger partial charge in [0, 0.05) is 10.8 Å². The van der Waals surface area contributed by atoms with Crippen LogP contribution >= 0.6 is 23.4 Å². The molecule has 0 spiro atoms. The van der Waals surface area contributed by atoms with Crippen LogP contribution in [0.1, 0.15) is 6.92 Å². The molecule has 21 heavy (non-hydrogen) atoms. The number of para-hydroxylation sites is 1. The van der Waals surface area contributed by atoms with Gasteiger partial charge in [-0.2, -0.15) is 4.68 Å². The summed E-state index contributed by atoms with van der Waals surface area (Å²) in [5, 5.41) is 10.0. The lowest BCUT2D eigenvalue weighted by atomic mass is 10.2. The Balaban J connectivity index is 2.24. The van der Waals surface area contributed by atoms with Gasteiger partial charge in [0.15, 0.2) is 5.16 Å². The highest BCUT2D eigenvalue weighted by atomic mass is 35.5. The number of halogens is 1. The summed E-state index contributed by atoms with van der Waals surface area (Å²) in [4.78, 5) is 12.2. The lowest BCUT2D eigenvalue weighted by molar-refractivity contribution is 0.911. The molecular formula is C13H12ClN5OS. The Morgan fingerprint density at radius 2 is 2.19 bits per heavy atom. The minimum atomic E-state index is -0.293. The van der Waals surface area contributed by atoms with Crippen LogP contribution in [0, 0.1) is 0 Å². The molecule has 0 saturated carbocycles. The average Bonchev–Trinajstić information content (AvgIpc) is 2.89. The van der Waals surface area contributed by atoms with E-state index in [2.05, 4.69) is 10.2 Å². The molecule has 6 nitrogen and oxygen atoms in total. The van der Waals surface area contributed by atoms with Gasteiger partial charge < -0.3 is 5.84 Å². The van der Waals surface area contributed by atoms with Crippen molar-refractivity contribution >= 4 is 40.0 Å². The fraction of sp³-hybridized carbons (Fsp3) is 0.154. The first kappa shape index (κ1) is 14.0. The van der Waals surface area contributed by atoms with Crippen molar-refractivity contribution in [1.29, 1.82) is 0 Å². The van der Waals surface area contributed by atoms with Crippen LogP contribution in [0.15, 0.2) is 45.3 Å². The number of nitrogens with two attached hydrogens (primary N) is 1. The van der Waals surface area contributed by atoms with Crippen LogP contribution in [0.5, 0.6) is 0 Å². The van der Waals surface area contributed by atoms with Crippen LogP contribution in [0.2, 0.25) is 0 Å². The van der Waals surface area contributed by atoms with Crippen molar-refractivity contribution in [2.45, 2.75) is 12.1 Å². The summed E-state index contributed by atoms with van der Waals surface area (Å²) in [5.74, 6) is 6.79. The van der Waals surface area contributed by atoms with Crippen molar-refractivity contribution in [3.63, 3.8) is 0 Å². The number of nitrogens with zero attached hydrogens (tertiary/aromatic N) is 4. The molecule has 0 saturated heterocycles. The van der Waals surface area contributed by atoms with Crippen molar-refractivity contribution in [2.24, 2.45) is 0 Å². The van der Waals surface area contributed by atoms with Crippen molar-refractivity contribution in [1.82, 2.24) is 19.3 Å². The summed E-state index contributed by atoms with van der Waals surface area (Å²) in [6.45, 7) is 1.82. The zero-order chi connectivity index (χ0) is 15.0. The van der Waals surface area contributed by atoms with E-state index < -0.39 is 0 Å². The molecule has 3 rings (SSSR count). The maximum Gasteiger partial charge on any atom is 0.281 e. The van der Waals surface area contributed by atoms with Crippen molar-refractivity contribution in [2.75, 3.05) is 11.6 Å². The predicted molar refractivity (Wildman–Crippen MR) is 85.2 cm³/mol. The Labute approximate surface area is 129 Å². The summed E-state index contributed by atoms with van der Waals surface area (Å²) in [5.41, 5.74) is 0.442. The molecule has 0 aliphatic heterocycles. The van der Waals surface area contributed by atoms with E-state index >= 15 is 0 Å². The molecule has 1 aromatic carbocycles. The fourth-order valence-electron chi connectivity index (χ4n) is 2.02. The predicted octanol–water partition coefficient (Wildman–Crippen LogP) is 1.99. The van der Waals surface area contributed by atoms with E-state index in [1.807, 2.05) is 25.1 Å². The number of allylic oxidation sites excluding steroid dienone is 1. The topological polar surface area (TPSA) is 78.2 Å². The molecule has 3 aromatic rings. The number of aromatic nitrogens is 4. The largest absolute Gasteiger partial charge is 0.333 e. The Kier molecular flexibility index (Phi) is 3.60. The first-order valence-corrected chi connectivity index (χ1v) is 7.55. The Hall–Kier alpha value is -1.99. The smallest absolute Gasteiger partial charge is 0.281 e. The monoisotopic (exact) mass is 321 g/mol.